The van der Waals surface area contributed by atoms with Gasteiger partial charge in [0.05, 0.1) is 6.42 Å². The Bertz CT molecular complexity index is 416. The Morgan fingerprint density at radius 1 is 1.10 bits per heavy atom. The summed E-state index contributed by atoms with van der Waals surface area (Å²) in [5.74, 6) is -3.27. The first-order valence-corrected chi connectivity index (χ1v) is 6.15. The third kappa shape index (κ3) is 7.52. The maximum absolute atomic E-state index is 12.2. The summed E-state index contributed by atoms with van der Waals surface area (Å²) in [6.45, 7) is 6.04. The third-order valence-electron chi connectivity index (χ3n) is 2.47. The minimum absolute atomic E-state index is 0.479. The van der Waals surface area contributed by atoms with Gasteiger partial charge in [-0.05, 0) is 6.92 Å². The fourth-order valence-corrected chi connectivity index (χ4v) is 1.21. The van der Waals surface area contributed by atoms with Crippen molar-refractivity contribution >= 4 is 17.8 Å². The summed E-state index contributed by atoms with van der Waals surface area (Å²) in [6.07, 6.45) is -6.41. The van der Waals surface area contributed by atoms with Gasteiger partial charge in [0.1, 0.15) is 12.1 Å². The third-order valence-corrected chi connectivity index (χ3v) is 2.47. The molecule has 2 unspecified atom stereocenters. The van der Waals surface area contributed by atoms with E-state index in [1.54, 1.807) is 26.1 Å². The number of carboxylic acid groups (broad SMARTS) is 1. The van der Waals surface area contributed by atoms with Crippen LogP contribution in [0.2, 0.25) is 0 Å². The van der Waals surface area contributed by atoms with Gasteiger partial charge in [0, 0.05) is 5.41 Å². The van der Waals surface area contributed by atoms with Crippen LogP contribution in [0.4, 0.5) is 13.2 Å². The highest BCUT2D eigenvalue weighted by molar-refractivity contribution is 5.91. The molecule has 0 radical (unpaired) electrons. The zero-order chi connectivity index (χ0) is 17.0. The molecule has 2 amide bonds. The average Bonchev–Trinajstić information content (AvgIpc) is 2.24. The number of amides is 2. The molecule has 0 rings (SSSR count). The van der Waals surface area contributed by atoms with E-state index >= 15 is 0 Å². The van der Waals surface area contributed by atoms with Gasteiger partial charge in [-0.15, -0.1) is 0 Å². The summed E-state index contributed by atoms with van der Waals surface area (Å²) in [6, 6.07) is -3.24. The molecule has 6 nitrogen and oxygen atoms in total. The number of alkyl halides is 3. The summed E-state index contributed by atoms with van der Waals surface area (Å²) < 4.78 is 36.6. The molecule has 0 saturated heterocycles. The number of carbonyl (C=O) groups is 3. The monoisotopic (exact) mass is 312 g/mol. The second kappa shape index (κ2) is 6.77. The number of rotatable bonds is 5. The van der Waals surface area contributed by atoms with Crippen LogP contribution in [0.15, 0.2) is 0 Å². The maximum Gasteiger partial charge on any atom is 0.391 e. The van der Waals surface area contributed by atoms with E-state index in [4.69, 9.17) is 5.11 Å². The van der Waals surface area contributed by atoms with E-state index in [2.05, 4.69) is 5.32 Å². The molecule has 0 aliphatic rings. The number of nitrogens with one attached hydrogen (secondary N) is 2. The van der Waals surface area contributed by atoms with Crippen molar-refractivity contribution < 1.29 is 32.7 Å². The van der Waals surface area contributed by atoms with Gasteiger partial charge in [-0.1, -0.05) is 20.8 Å². The van der Waals surface area contributed by atoms with Crippen molar-refractivity contribution in [1.29, 1.82) is 0 Å². The predicted octanol–water partition coefficient (Wildman–Crippen LogP) is 1.06. The molecular formula is C12H19F3N2O4. The fraction of sp³-hybridized carbons (Fsp3) is 0.750. The topological polar surface area (TPSA) is 95.5 Å². The van der Waals surface area contributed by atoms with Crippen molar-refractivity contribution in [3.05, 3.63) is 0 Å². The molecular weight excluding hydrogens is 293 g/mol. The zero-order valence-corrected chi connectivity index (χ0v) is 12.2. The van der Waals surface area contributed by atoms with Crippen LogP contribution in [-0.4, -0.2) is 41.2 Å². The van der Waals surface area contributed by atoms with Crippen LogP contribution in [0.5, 0.6) is 0 Å². The van der Waals surface area contributed by atoms with Gasteiger partial charge in [0.2, 0.25) is 11.8 Å². The molecule has 122 valence electrons. The molecule has 0 bridgehead atoms. The van der Waals surface area contributed by atoms with Gasteiger partial charge in [0.15, 0.2) is 0 Å². The molecule has 0 aromatic carbocycles. The van der Waals surface area contributed by atoms with Crippen LogP contribution in [0.3, 0.4) is 0 Å². The Kier molecular flexibility index (Phi) is 6.19. The number of hydrogen-bond acceptors (Lipinski definition) is 3. The molecule has 3 N–H and O–H groups in total. The van der Waals surface area contributed by atoms with Gasteiger partial charge in [-0.3, -0.25) is 9.59 Å². The second-order valence-electron chi connectivity index (χ2n) is 5.66. The van der Waals surface area contributed by atoms with Gasteiger partial charge in [0.25, 0.3) is 0 Å². The Morgan fingerprint density at radius 3 is 1.90 bits per heavy atom. The molecule has 21 heavy (non-hydrogen) atoms. The fourth-order valence-electron chi connectivity index (χ4n) is 1.21. The molecule has 0 fully saturated rings. The molecule has 9 heteroatoms. The maximum atomic E-state index is 12.2. The van der Waals surface area contributed by atoms with Crippen molar-refractivity contribution in [3.8, 4) is 0 Å². The Morgan fingerprint density at radius 2 is 1.57 bits per heavy atom. The smallest absolute Gasteiger partial charge is 0.391 e. The van der Waals surface area contributed by atoms with Crippen LogP contribution >= 0.6 is 0 Å². The van der Waals surface area contributed by atoms with E-state index in [0.717, 1.165) is 0 Å². The molecule has 0 aromatic rings. The number of carboxylic acids is 1. The normalized spacial score (nSPS) is 15.0. The van der Waals surface area contributed by atoms with Gasteiger partial charge >= 0.3 is 12.1 Å². The number of carbonyl (C=O) groups excluding carboxylic acids is 2. The summed E-state index contributed by atoms with van der Waals surface area (Å²) in [4.78, 5) is 34.0. The number of hydrogen-bond donors (Lipinski definition) is 3. The standard InChI is InChI=1S/C12H19F3N2O4/c1-6(16-10(21)11(2,3)4)8(18)17-7(9(19)20)5-12(13,14)15/h6-7H,5H2,1-4H3,(H,16,21)(H,17,18)(H,19,20). The van der Waals surface area contributed by atoms with Gasteiger partial charge < -0.3 is 15.7 Å². The second-order valence-corrected chi connectivity index (χ2v) is 5.66. The van der Waals surface area contributed by atoms with Gasteiger partial charge in [-0.2, -0.15) is 13.2 Å². The van der Waals surface area contributed by atoms with E-state index < -0.39 is 47.9 Å². The Balaban J connectivity index is 4.70. The first-order chi connectivity index (χ1) is 9.24. The largest absolute Gasteiger partial charge is 0.480 e. The summed E-state index contributed by atoms with van der Waals surface area (Å²) in [5, 5.41) is 12.7. The van der Waals surface area contributed by atoms with E-state index in [9.17, 15) is 27.6 Å². The highest BCUT2D eigenvalue weighted by atomic mass is 19.4. The Labute approximate surface area is 120 Å². The van der Waals surface area contributed by atoms with Crippen LogP contribution < -0.4 is 10.6 Å². The molecule has 0 aliphatic carbocycles. The SMILES string of the molecule is CC(NC(=O)C(C)(C)C)C(=O)NC(CC(F)(F)F)C(=O)O. The van der Waals surface area contributed by atoms with Crippen LogP contribution in [0.25, 0.3) is 0 Å². The highest BCUT2D eigenvalue weighted by Crippen LogP contribution is 2.21. The summed E-state index contributed by atoms with van der Waals surface area (Å²) in [7, 11) is 0. The van der Waals surface area contributed by atoms with Crippen molar-refractivity contribution in [1.82, 2.24) is 10.6 Å². The highest BCUT2D eigenvalue weighted by Gasteiger charge is 2.37. The first kappa shape index (κ1) is 19.2. The average molecular weight is 312 g/mol. The van der Waals surface area contributed by atoms with E-state index in [-0.39, 0.29) is 0 Å². The van der Waals surface area contributed by atoms with Crippen LogP contribution in [-0.2, 0) is 14.4 Å². The summed E-state index contributed by atoms with van der Waals surface area (Å²) in [5.41, 5.74) is -0.785. The number of aliphatic carboxylic acids is 1. The van der Waals surface area contributed by atoms with Crippen molar-refractivity contribution in [2.24, 2.45) is 5.41 Å². The van der Waals surface area contributed by atoms with Crippen molar-refractivity contribution in [2.45, 2.75) is 52.4 Å². The molecule has 0 aliphatic heterocycles. The lowest BCUT2D eigenvalue weighted by Crippen LogP contribution is -2.53. The minimum atomic E-state index is -4.73. The lowest BCUT2D eigenvalue weighted by Gasteiger charge is -2.23. The first-order valence-electron chi connectivity index (χ1n) is 6.15. The van der Waals surface area contributed by atoms with E-state index in [0.29, 0.717) is 0 Å². The van der Waals surface area contributed by atoms with Gasteiger partial charge in [-0.25, -0.2) is 4.79 Å². The van der Waals surface area contributed by atoms with Crippen LogP contribution in [0.1, 0.15) is 34.1 Å². The van der Waals surface area contributed by atoms with Crippen molar-refractivity contribution in [2.75, 3.05) is 0 Å². The number of halogens is 3. The molecule has 2 atom stereocenters. The molecule has 0 spiro atoms. The van der Waals surface area contributed by atoms with Crippen molar-refractivity contribution in [3.63, 3.8) is 0 Å². The lowest BCUT2D eigenvalue weighted by molar-refractivity contribution is -0.160. The quantitative estimate of drug-likeness (QED) is 0.707. The van der Waals surface area contributed by atoms with E-state index in [1.165, 1.54) is 6.92 Å². The van der Waals surface area contributed by atoms with E-state index in [1.807, 2.05) is 0 Å². The van der Waals surface area contributed by atoms with Crippen LogP contribution in [0, 0.1) is 5.41 Å². The summed E-state index contributed by atoms with van der Waals surface area (Å²) >= 11 is 0. The minimum Gasteiger partial charge on any atom is -0.480 e. The Hall–Kier alpha value is -1.80. The lowest BCUT2D eigenvalue weighted by atomic mass is 9.95. The molecule has 0 saturated carbocycles. The molecule has 0 aromatic heterocycles. The molecule has 0 heterocycles. The zero-order valence-electron chi connectivity index (χ0n) is 12.2. The predicted molar refractivity (Wildman–Crippen MR) is 67.3 cm³/mol.